The third-order valence-corrected chi connectivity index (χ3v) is 3.28. The zero-order valence-corrected chi connectivity index (χ0v) is 11.6. The van der Waals surface area contributed by atoms with E-state index in [1.54, 1.807) is 29.2 Å². The second-order valence-corrected chi connectivity index (χ2v) is 4.88. The molecule has 0 radical (unpaired) electrons. The quantitative estimate of drug-likeness (QED) is 0.750. The zero-order chi connectivity index (χ0) is 15.2. The van der Waals surface area contributed by atoms with Crippen LogP contribution in [0.3, 0.4) is 0 Å². The highest BCUT2D eigenvalue weighted by Gasteiger charge is 2.17. The summed E-state index contributed by atoms with van der Waals surface area (Å²) < 4.78 is 5.19. The van der Waals surface area contributed by atoms with Crippen molar-refractivity contribution in [2.24, 2.45) is 5.73 Å². The molecule has 1 aliphatic rings. The molecule has 4 N–H and O–H groups in total. The number of nitrogens with one attached hydrogen (secondary N) is 1. The van der Waals surface area contributed by atoms with E-state index < -0.39 is 12.0 Å². The first-order valence-corrected chi connectivity index (χ1v) is 6.77. The highest BCUT2D eigenvalue weighted by atomic mass is 16.5. The predicted molar refractivity (Wildman–Crippen MR) is 77.2 cm³/mol. The average molecular weight is 293 g/mol. The van der Waals surface area contributed by atoms with E-state index in [4.69, 9.17) is 15.6 Å². The number of anilines is 1. The number of benzene rings is 1. The Kier molecular flexibility index (Phi) is 5.13. The van der Waals surface area contributed by atoms with E-state index >= 15 is 0 Å². The lowest BCUT2D eigenvalue weighted by molar-refractivity contribution is -0.138. The van der Waals surface area contributed by atoms with Gasteiger partial charge in [0.1, 0.15) is 6.04 Å². The number of amides is 2. The number of hydrogen-bond acceptors (Lipinski definition) is 4. The summed E-state index contributed by atoms with van der Waals surface area (Å²) in [5.41, 5.74) is 6.96. The monoisotopic (exact) mass is 293 g/mol. The molecule has 0 unspecified atom stereocenters. The maximum absolute atomic E-state index is 12.0. The number of carboxylic acid groups (broad SMARTS) is 1. The molecule has 1 aromatic carbocycles. The number of nitrogens with two attached hydrogens (primary N) is 1. The lowest BCUT2D eigenvalue weighted by atomic mass is 10.1. The zero-order valence-electron chi connectivity index (χ0n) is 11.6. The van der Waals surface area contributed by atoms with Gasteiger partial charge in [-0.2, -0.15) is 0 Å². The Morgan fingerprint density at radius 3 is 2.48 bits per heavy atom. The summed E-state index contributed by atoms with van der Waals surface area (Å²) in [6.07, 6.45) is 0.257. The molecular weight excluding hydrogens is 274 g/mol. The third kappa shape index (κ3) is 4.44. The van der Waals surface area contributed by atoms with Crippen LogP contribution in [0.25, 0.3) is 0 Å². The normalized spacial score (nSPS) is 16.3. The molecule has 0 bridgehead atoms. The SMILES string of the molecule is N[C@@H](Cc1ccc(NC(=O)N2CCOCC2)cc1)C(=O)O. The van der Waals surface area contributed by atoms with Crippen molar-refractivity contribution in [2.75, 3.05) is 31.6 Å². The minimum atomic E-state index is -1.03. The van der Waals surface area contributed by atoms with Crippen molar-refractivity contribution < 1.29 is 19.4 Å². The molecule has 0 aliphatic carbocycles. The molecule has 114 valence electrons. The molecule has 1 atom stereocenters. The number of morpholine rings is 1. The Morgan fingerprint density at radius 2 is 1.90 bits per heavy atom. The number of carbonyl (C=O) groups is 2. The van der Waals surface area contributed by atoms with Crippen molar-refractivity contribution in [3.8, 4) is 0 Å². The van der Waals surface area contributed by atoms with Crippen LogP contribution in [0.1, 0.15) is 5.56 Å². The second-order valence-electron chi connectivity index (χ2n) is 4.88. The molecule has 1 fully saturated rings. The van der Waals surface area contributed by atoms with Gasteiger partial charge in [0.05, 0.1) is 13.2 Å². The number of ether oxygens (including phenoxy) is 1. The van der Waals surface area contributed by atoms with Gasteiger partial charge in [-0.05, 0) is 24.1 Å². The summed E-state index contributed by atoms with van der Waals surface area (Å²) in [4.78, 5) is 24.4. The summed E-state index contributed by atoms with van der Waals surface area (Å²) in [6.45, 7) is 2.27. The van der Waals surface area contributed by atoms with Crippen molar-refractivity contribution in [1.82, 2.24) is 4.90 Å². The van der Waals surface area contributed by atoms with E-state index in [-0.39, 0.29) is 12.5 Å². The first-order valence-electron chi connectivity index (χ1n) is 6.77. The number of urea groups is 1. The predicted octanol–water partition coefficient (Wildman–Crippen LogP) is 0.505. The Bertz CT molecular complexity index is 497. The largest absolute Gasteiger partial charge is 0.480 e. The summed E-state index contributed by atoms with van der Waals surface area (Å²) in [5, 5.41) is 11.6. The Labute approximate surface area is 122 Å². The molecule has 1 aliphatic heterocycles. The fourth-order valence-electron chi connectivity index (χ4n) is 2.03. The van der Waals surface area contributed by atoms with Gasteiger partial charge in [0.25, 0.3) is 0 Å². The lowest BCUT2D eigenvalue weighted by Crippen LogP contribution is -2.43. The van der Waals surface area contributed by atoms with E-state index in [0.29, 0.717) is 32.0 Å². The number of hydrogen-bond donors (Lipinski definition) is 3. The summed E-state index contributed by atoms with van der Waals surface area (Å²) in [5.74, 6) is -1.03. The van der Waals surface area contributed by atoms with Crippen LogP contribution in [0.5, 0.6) is 0 Å². The van der Waals surface area contributed by atoms with E-state index in [1.807, 2.05) is 0 Å². The van der Waals surface area contributed by atoms with Crippen molar-refractivity contribution in [1.29, 1.82) is 0 Å². The average Bonchev–Trinajstić information content (AvgIpc) is 2.50. The summed E-state index contributed by atoms with van der Waals surface area (Å²) in [6, 6.07) is 5.92. The molecule has 21 heavy (non-hydrogen) atoms. The van der Waals surface area contributed by atoms with Crippen LogP contribution < -0.4 is 11.1 Å². The number of aliphatic carboxylic acids is 1. The third-order valence-electron chi connectivity index (χ3n) is 3.28. The van der Waals surface area contributed by atoms with Crippen molar-refractivity contribution >= 4 is 17.7 Å². The van der Waals surface area contributed by atoms with Gasteiger partial charge >= 0.3 is 12.0 Å². The van der Waals surface area contributed by atoms with Gasteiger partial charge in [-0.1, -0.05) is 12.1 Å². The van der Waals surface area contributed by atoms with E-state index in [1.165, 1.54) is 0 Å². The lowest BCUT2D eigenvalue weighted by Gasteiger charge is -2.26. The minimum absolute atomic E-state index is 0.159. The molecule has 1 heterocycles. The van der Waals surface area contributed by atoms with Crippen LogP contribution in [-0.2, 0) is 16.0 Å². The van der Waals surface area contributed by atoms with E-state index in [9.17, 15) is 9.59 Å². The minimum Gasteiger partial charge on any atom is -0.480 e. The van der Waals surface area contributed by atoms with Gasteiger partial charge in [-0.3, -0.25) is 4.79 Å². The maximum atomic E-state index is 12.0. The Hall–Kier alpha value is -2.12. The van der Waals surface area contributed by atoms with Gasteiger partial charge < -0.3 is 25.8 Å². The fraction of sp³-hybridized carbons (Fsp3) is 0.429. The van der Waals surface area contributed by atoms with Crippen molar-refractivity contribution in [2.45, 2.75) is 12.5 Å². The molecule has 2 amide bonds. The summed E-state index contributed by atoms with van der Waals surface area (Å²) in [7, 11) is 0. The number of carbonyl (C=O) groups excluding carboxylic acids is 1. The molecule has 0 aromatic heterocycles. The van der Waals surface area contributed by atoms with Gasteiger partial charge in [0, 0.05) is 18.8 Å². The molecule has 0 saturated carbocycles. The molecule has 2 rings (SSSR count). The molecule has 1 saturated heterocycles. The summed E-state index contributed by atoms with van der Waals surface area (Å²) >= 11 is 0. The second kappa shape index (κ2) is 7.05. The standard InChI is InChI=1S/C14H19N3O4/c15-12(13(18)19)9-10-1-3-11(4-2-10)16-14(20)17-5-7-21-8-6-17/h1-4,12H,5-9,15H2,(H,16,20)(H,18,19)/t12-/m0/s1. The van der Waals surface area contributed by atoms with Crippen LogP contribution >= 0.6 is 0 Å². The van der Waals surface area contributed by atoms with Crippen LogP contribution in [0.2, 0.25) is 0 Å². The number of carboxylic acids is 1. The first-order chi connectivity index (χ1) is 10.1. The molecule has 0 spiro atoms. The van der Waals surface area contributed by atoms with Gasteiger partial charge in [-0.15, -0.1) is 0 Å². The highest BCUT2D eigenvalue weighted by Crippen LogP contribution is 2.12. The van der Waals surface area contributed by atoms with Crippen LogP contribution in [0.15, 0.2) is 24.3 Å². The smallest absolute Gasteiger partial charge is 0.321 e. The van der Waals surface area contributed by atoms with Crippen molar-refractivity contribution in [3.63, 3.8) is 0 Å². The molecule has 7 nitrogen and oxygen atoms in total. The number of rotatable bonds is 4. The Balaban J connectivity index is 1.89. The molecule has 7 heteroatoms. The molecular formula is C14H19N3O4. The van der Waals surface area contributed by atoms with E-state index in [0.717, 1.165) is 5.56 Å². The van der Waals surface area contributed by atoms with Crippen LogP contribution in [0, 0.1) is 0 Å². The van der Waals surface area contributed by atoms with Crippen LogP contribution in [0.4, 0.5) is 10.5 Å². The van der Waals surface area contributed by atoms with Gasteiger partial charge in [0.2, 0.25) is 0 Å². The van der Waals surface area contributed by atoms with Crippen molar-refractivity contribution in [3.05, 3.63) is 29.8 Å². The van der Waals surface area contributed by atoms with Gasteiger partial charge in [-0.25, -0.2) is 4.79 Å². The number of nitrogens with zero attached hydrogens (tertiary/aromatic N) is 1. The first kappa shape index (κ1) is 15.3. The van der Waals surface area contributed by atoms with E-state index in [2.05, 4.69) is 5.32 Å². The fourth-order valence-corrected chi connectivity index (χ4v) is 2.03. The van der Waals surface area contributed by atoms with Gasteiger partial charge in [0.15, 0.2) is 0 Å². The topological polar surface area (TPSA) is 105 Å². The Morgan fingerprint density at radius 1 is 1.29 bits per heavy atom. The van der Waals surface area contributed by atoms with Crippen LogP contribution in [-0.4, -0.2) is 54.4 Å². The maximum Gasteiger partial charge on any atom is 0.321 e. The molecule has 1 aromatic rings. The highest BCUT2D eigenvalue weighted by molar-refractivity contribution is 5.89.